The Kier molecular flexibility index (Phi) is 5.88. The van der Waals surface area contributed by atoms with E-state index >= 15 is 0 Å². The van der Waals surface area contributed by atoms with E-state index in [1.165, 1.54) is 23.9 Å². The highest BCUT2D eigenvalue weighted by Crippen LogP contribution is 2.30. The highest BCUT2D eigenvalue weighted by molar-refractivity contribution is 7.99. The van der Waals surface area contributed by atoms with Gasteiger partial charge in [0.2, 0.25) is 5.91 Å². The summed E-state index contributed by atoms with van der Waals surface area (Å²) in [6.45, 7) is 1.59. The standard InChI is InChI=1S/C13H16F3NO2S/c1-8(20-2)12(19)17-7-11(18)9-4-3-5-10(6-9)13(14,15)16/h3-6,8,11,18H,7H2,1-2H3,(H,17,19). The van der Waals surface area contributed by atoms with E-state index in [0.29, 0.717) is 0 Å². The van der Waals surface area contributed by atoms with Gasteiger partial charge in [0, 0.05) is 6.54 Å². The van der Waals surface area contributed by atoms with Crippen molar-refractivity contribution in [2.75, 3.05) is 12.8 Å². The summed E-state index contributed by atoms with van der Waals surface area (Å²) in [6, 6.07) is 4.44. The predicted molar refractivity (Wildman–Crippen MR) is 72.4 cm³/mol. The number of hydrogen-bond acceptors (Lipinski definition) is 3. The number of thioether (sulfide) groups is 1. The molecule has 0 spiro atoms. The average Bonchev–Trinajstić information content (AvgIpc) is 2.42. The fraction of sp³-hybridized carbons (Fsp3) is 0.462. The summed E-state index contributed by atoms with van der Waals surface area (Å²) >= 11 is 1.34. The van der Waals surface area contributed by atoms with Gasteiger partial charge in [-0.25, -0.2) is 0 Å². The number of halogens is 3. The predicted octanol–water partition coefficient (Wildman–Crippen LogP) is 2.61. The molecule has 0 aliphatic carbocycles. The molecule has 0 radical (unpaired) electrons. The van der Waals surface area contributed by atoms with E-state index in [4.69, 9.17) is 0 Å². The molecule has 0 aliphatic heterocycles. The van der Waals surface area contributed by atoms with Gasteiger partial charge >= 0.3 is 6.18 Å². The molecule has 0 heterocycles. The molecule has 112 valence electrons. The average molecular weight is 307 g/mol. The molecule has 0 fully saturated rings. The topological polar surface area (TPSA) is 49.3 Å². The first-order chi connectivity index (χ1) is 9.25. The molecule has 0 saturated carbocycles. The SMILES string of the molecule is CSC(C)C(=O)NCC(O)c1cccc(C(F)(F)F)c1. The van der Waals surface area contributed by atoms with Gasteiger partial charge in [0.15, 0.2) is 0 Å². The van der Waals surface area contributed by atoms with E-state index in [1.54, 1.807) is 13.2 Å². The Labute approximate surface area is 119 Å². The lowest BCUT2D eigenvalue weighted by atomic mass is 10.1. The quantitative estimate of drug-likeness (QED) is 0.879. The summed E-state index contributed by atoms with van der Waals surface area (Å²) in [5.74, 6) is -0.261. The third kappa shape index (κ3) is 4.72. The van der Waals surface area contributed by atoms with E-state index in [2.05, 4.69) is 5.32 Å². The monoisotopic (exact) mass is 307 g/mol. The molecular formula is C13H16F3NO2S. The zero-order valence-electron chi connectivity index (χ0n) is 11.1. The van der Waals surface area contributed by atoms with Crippen LogP contribution < -0.4 is 5.32 Å². The van der Waals surface area contributed by atoms with Crippen molar-refractivity contribution in [3.63, 3.8) is 0 Å². The molecule has 0 aliphatic rings. The van der Waals surface area contributed by atoms with Crippen molar-refractivity contribution in [3.8, 4) is 0 Å². The van der Waals surface area contributed by atoms with Crippen LogP contribution >= 0.6 is 11.8 Å². The molecule has 1 aromatic rings. The van der Waals surface area contributed by atoms with Gasteiger partial charge in [0.1, 0.15) is 0 Å². The van der Waals surface area contributed by atoms with Gasteiger partial charge in [-0.3, -0.25) is 4.79 Å². The van der Waals surface area contributed by atoms with Crippen molar-refractivity contribution in [1.82, 2.24) is 5.32 Å². The van der Waals surface area contributed by atoms with E-state index < -0.39 is 17.8 Å². The number of benzene rings is 1. The van der Waals surface area contributed by atoms with Crippen LogP contribution in [0.5, 0.6) is 0 Å². The van der Waals surface area contributed by atoms with Crippen LogP contribution in [0.3, 0.4) is 0 Å². The first-order valence-electron chi connectivity index (χ1n) is 5.91. The maximum absolute atomic E-state index is 12.5. The molecular weight excluding hydrogens is 291 g/mol. The van der Waals surface area contributed by atoms with Crippen molar-refractivity contribution in [2.45, 2.75) is 24.5 Å². The van der Waals surface area contributed by atoms with Crippen LogP contribution in [0.4, 0.5) is 13.2 Å². The maximum Gasteiger partial charge on any atom is 0.416 e. The smallest absolute Gasteiger partial charge is 0.387 e. The third-order valence-electron chi connectivity index (χ3n) is 2.79. The van der Waals surface area contributed by atoms with E-state index in [9.17, 15) is 23.1 Å². The molecule has 1 amide bonds. The molecule has 3 nitrogen and oxygen atoms in total. The summed E-state index contributed by atoms with van der Waals surface area (Å²) in [5.41, 5.74) is -0.699. The van der Waals surface area contributed by atoms with Crippen LogP contribution in [0.1, 0.15) is 24.2 Å². The van der Waals surface area contributed by atoms with Crippen LogP contribution in [0.25, 0.3) is 0 Å². The molecule has 0 aromatic heterocycles. The van der Waals surface area contributed by atoms with Gasteiger partial charge in [-0.2, -0.15) is 24.9 Å². The number of carbonyl (C=O) groups is 1. The lowest BCUT2D eigenvalue weighted by molar-refractivity contribution is -0.137. The van der Waals surface area contributed by atoms with E-state index in [-0.39, 0.29) is 23.3 Å². The number of amides is 1. The van der Waals surface area contributed by atoms with Crippen LogP contribution in [-0.4, -0.2) is 29.1 Å². The van der Waals surface area contributed by atoms with Crippen molar-refractivity contribution in [1.29, 1.82) is 0 Å². The minimum Gasteiger partial charge on any atom is -0.387 e. The summed E-state index contributed by atoms with van der Waals surface area (Å²) in [4.78, 5) is 11.5. The summed E-state index contributed by atoms with van der Waals surface area (Å²) in [6.07, 6.45) is -3.85. The van der Waals surface area contributed by atoms with Crippen molar-refractivity contribution in [3.05, 3.63) is 35.4 Å². The molecule has 20 heavy (non-hydrogen) atoms. The van der Waals surface area contributed by atoms with Gasteiger partial charge in [-0.05, 0) is 30.9 Å². The van der Waals surface area contributed by atoms with E-state index in [1.807, 2.05) is 0 Å². The minimum atomic E-state index is -4.45. The fourth-order valence-electron chi connectivity index (χ4n) is 1.49. The largest absolute Gasteiger partial charge is 0.416 e. The Morgan fingerprint density at radius 1 is 1.45 bits per heavy atom. The van der Waals surface area contributed by atoms with Crippen LogP contribution in [0.15, 0.2) is 24.3 Å². The highest BCUT2D eigenvalue weighted by atomic mass is 32.2. The number of carbonyl (C=O) groups excluding carboxylic acids is 1. The zero-order chi connectivity index (χ0) is 15.3. The fourth-order valence-corrected chi connectivity index (χ4v) is 1.79. The first kappa shape index (κ1) is 16.8. The third-order valence-corrected chi connectivity index (χ3v) is 3.71. The Bertz CT molecular complexity index is 465. The molecule has 0 saturated heterocycles. The molecule has 7 heteroatoms. The van der Waals surface area contributed by atoms with Gasteiger partial charge in [0.05, 0.1) is 16.9 Å². The first-order valence-corrected chi connectivity index (χ1v) is 7.20. The number of aliphatic hydroxyl groups is 1. The van der Waals surface area contributed by atoms with Crippen molar-refractivity contribution < 1.29 is 23.1 Å². The molecule has 1 rings (SSSR count). The number of nitrogens with one attached hydrogen (secondary N) is 1. The lowest BCUT2D eigenvalue weighted by Gasteiger charge is -2.16. The maximum atomic E-state index is 12.5. The zero-order valence-corrected chi connectivity index (χ0v) is 11.9. The second kappa shape index (κ2) is 6.99. The molecule has 2 N–H and O–H groups in total. The lowest BCUT2D eigenvalue weighted by Crippen LogP contribution is -2.34. The second-order valence-electron chi connectivity index (χ2n) is 4.26. The Morgan fingerprint density at radius 2 is 2.10 bits per heavy atom. The van der Waals surface area contributed by atoms with Gasteiger partial charge < -0.3 is 10.4 Å². The number of rotatable bonds is 5. The van der Waals surface area contributed by atoms with Crippen LogP contribution in [-0.2, 0) is 11.0 Å². The Hall–Kier alpha value is -1.21. The molecule has 2 atom stereocenters. The van der Waals surface area contributed by atoms with Crippen LogP contribution in [0, 0.1) is 0 Å². The van der Waals surface area contributed by atoms with Crippen LogP contribution in [0.2, 0.25) is 0 Å². The number of alkyl halides is 3. The molecule has 0 bridgehead atoms. The van der Waals surface area contributed by atoms with Crippen molar-refractivity contribution >= 4 is 17.7 Å². The number of aliphatic hydroxyl groups excluding tert-OH is 1. The van der Waals surface area contributed by atoms with Gasteiger partial charge in [-0.15, -0.1) is 0 Å². The minimum absolute atomic E-state index is 0.120. The molecule has 2 unspecified atom stereocenters. The normalized spacial score (nSPS) is 14.7. The Morgan fingerprint density at radius 3 is 2.65 bits per heavy atom. The highest BCUT2D eigenvalue weighted by Gasteiger charge is 2.30. The molecule has 1 aromatic carbocycles. The number of hydrogen-bond donors (Lipinski definition) is 2. The second-order valence-corrected chi connectivity index (χ2v) is 5.44. The van der Waals surface area contributed by atoms with Crippen molar-refractivity contribution in [2.24, 2.45) is 0 Å². The van der Waals surface area contributed by atoms with Gasteiger partial charge in [-0.1, -0.05) is 12.1 Å². The van der Waals surface area contributed by atoms with Gasteiger partial charge in [0.25, 0.3) is 0 Å². The summed E-state index contributed by atoms with van der Waals surface area (Å²) < 4.78 is 37.6. The summed E-state index contributed by atoms with van der Waals surface area (Å²) in [5, 5.41) is 12.0. The van der Waals surface area contributed by atoms with E-state index in [0.717, 1.165) is 12.1 Å². The Balaban J connectivity index is 2.69. The summed E-state index contributed by atoms with van der Waals surface area (Å²) in [7, 11) is 0.